The summed E-state index contributed by atoms with van der Waals surface area (Å²) >= 11 is 0. The lowest BCUT2D eigenvalue weighted by Gasteiger charge is -2.24. The molecule has 2 N–H and O–H groups in total. The van der Waals surface area contributed by atoms with Crippen molar-refractivity contribution in [3.63, 3.8) is 0 Å². The Bertz CT molecular complexity index is 922. The molecule has 0 spiro atoms. The highest BCUT2D eigenvalue weighted by Gasteiger charge is 2.33. The van der Waals surface area contributed by atoms with Gasteiger partial charge in [0.05, 0.1) is 5.52 Å². The van der Waals surface area contributed by atoms with Crippen LogP contribution < -0.4 is 10.6 Å². The summed E-state index contributed by atoms with van der Waals surface area (Å²) in [6.45, 7) is 2.84. The van der Waals surface area contributed by atoms with Crippen LogP contribution in [0.3, 0.4) is 0 Å². The molecule has 122 valence electrons. The highest BCUT2D eigenvalue weighted by molar-refractivity contribution is 5.91. The minimum Gasteiger partial charge on any atom is -0.363 e. The molecule has 0 bridgehead atoms. The van der Waals surface area contributed by atoms with Gasteiger partial charge in [0.2, 0.25) is 5.89 Å². The second kappa shape index (κ2) is 5.55. The average Bonchev–Trinajstić information content (AvgIpc) is 3.24. The maximum absolute atomic E-state index is 11.2. The molecule has 1 aliphatic rings. The van der Waals surface area contributed by atoms with Crippen LogP contribution in [0.1, 0.15) is 41.0 Å². The van der Waals surface area contributed by atoms with Crippen LogP contribution in [0.25, 0.3) is 10.9 Å². The summed E-state index contributed by atoms with van der Waals surface area (Å²) in [5.74, 6) is 0.434. The molecule has 0 radical (unpaired) electrons. The van der Waals surface area contributed by atoms with Crippen LogP contribution in [0, 0.1) is 6.92 Å². The topological polar surface area (TPSA) is 111 Å². The standard InChI is InChI=1S/C16H16N6O2/c1-9-4-2-5-10-12(9)18-8-19-15(10)22-7-3-6-11(22)16-20-14(13(17)23)21-24-16/h2,4-5,8,11H,3,6-7H2,1H3,(H2,17,23)/t11-/m1/s1. The second-order valence-electron chi connectivity index (χ2n) is 5.84. The van der Waals surface area contributed by atoms with Gasteiger partial charge in [0.15, 0.2) is 0 Å². The summed E-state index contributed by atoms with van der Waals surface area (Å²) in [7, 11) is 0. The first kappa shape index (κ1) is 14.6. The van der Waals surface area contributed by atoms with Crippen molar-refractivity contribution < 1.29 is 9.32 Å². The van der Waals surface area contributed by atoms with E-state index in [2.05, 4.69) is 25.0 Å². The molecule has 8 nitrogen and oxygen atoms in total. The summed E-state index contributed by atoms with van der Waals surface area (Å²) in [5.41, 5.74) is 7.23. The first-order chi connectivity index (χ1) is 11.6. The Morgan fingerprint density at radius 2 is 2.25 bits per heavy atom. The van der Waals surface area contributed by atoms with Crippen molar-refractivity contribution >= 4 is 22.6 Å². The summed E-state index contributed by atoms with van der Waals surface area (Å²) in [5, 5.41) is 4.63. The number of amides is 1. The number of anilines is 1. The van der Waals surface area contributed by atoms with Gasteiger partial charge in [-0.2, -0.15) is 4.98 Å². The van der Waals surface area contributed by atoms with E-state index >= 15 is 0 Å². The Kier molecular flexibility index (Phi) is 3.37. The first-order valence-corrected chi connectivity index (χ1v) is 7.75. The van der Waals surface area contributed by atoms with Crippen molar-refractivity contribution in [1.82, 2.24) is 20.1 Å². The minimum atomic E-state index is -0.697. The Morgan fingerprint density at radius 1 is 1.38 bits per heavy atom. The minimum absolute atomic E-state index is 0.0970. The molecular weight excluding hydrogens is 308 g/mol. The fourth-order valence-corrected chi connectivity index (χ4v) is 3.20. The Hall–Kier alpha value is -3.03. The number of para-hydroxylation sites is 1. The number of carbonyl (C=O) groups excluding carboxylic acids is 1. The molecule has 1 atom stereocenters. The van der Waals surface area contributed by atoms with E-state index in [-0.39, 0.29) is 11.9 Å². The van der Waals surface area contributed by atoms with Gasteiger partial charge in [0.1, 0.15) is 18.2 Å². The van der Waals surface area contributed by atoms with Crippen LogP contribution in [0.5, 0.6) is 0 Å². The zero-order valence-electron chi connectivity index (χ0n) is 13.1. The molecule has 0 saturated carbocycles. The lowest BCUT2D eigenvalue weighted by molar-refractivity contribution is 0.0987. The molecule has 3 heterocycles. The molecule has 1 amide bonds. The molecule has 8 heteroatoms. The van der Waals surface area contributed by atoms with Gasteiger partial charge in [-0.1, -0.05) is 17.3 Å². The molecule has 1 fully saturated rings. The van der Waals surface area contributed by atoms with Crippen LogP contribution in [-0.4, -0.2) is 32.6 Å². The van der Waals surface area contributed by atoms with Crippen molar-refractivity contribution in [1.29, 1.82) is 0 Å². The van der Waals surface area contributed by atoms with E-state index in [0.29, 0.717) is 5.89 Å². The number of hydrogen-bond acceptors (Lipinski definition) is 7. The Morgan fingerprint density at radius 3 is 3.04 bits per heavy atom. The zero-order valence-corrected chi connectivity index (χ0v) is 13.1. The summed E-state index contributed by atoms with van der Waals surface area (Å²) in [4.78, 5) is 26.3. The van der Waals surface area contributed by atoms with Gasteiger partial charge < -0.3 is 15.2 Å². The molecule has 2 aromatic heterocycles. The summed E-state index contributed by atoms with van der Waals surface area (Å²) in [6.07, 6.45) is 3.39. The highest BCUT2D eigenvalue weighted by Crippen LogP contribution is 2.37. The van der Waals surface area contributed by atoms with Crippen molar-refractivity contribution in [2.24, 2.45) is 5.73 Å². The van der Waals surface area contributed by atoms with Crippen LogP contribution >= 0.6 is 0 Å². The fourth-order valence-electron chi connectivity index (χ4n) is 3.20. The number of benzene rings is 1. The summed E-state index contributed by atoms with van der Waals surface area (Å²) < 4.78 is 5.25. The fraction of sp³-hybridized carbons (Fsp3) is 0.312. The monoisotopic (exact) mass is 324 g/mol. The molecule has 0 aliphatic carbocycles. The Labute approximate surface area is 137 Å². The Balaban J connectivity index is 1.78. The third kappa shape index (κ3) is 2.27. The van der Waals surface area contributed by atoms with Gasteiger partial charge in [-0.15, -0.1) is 0 Å². The van der Waals surface area contributed by atoms with Crippen molar-refractivity contribution in [3.8, 4) is 0 Å². The molecule has 1 saturated heterocycles. The predicted octanol–water partition coefficient (Wildman–Crippen LogP) is 1.76. The quantitative estimate of drug-likeness (QED) is 0.781. The number of hydrogen-bond donors (Lipinski definition) is 1. The van der Waals surface area contributed by atoms with E-state index < -0.39 is 5.91 Å². The van der Waals surface area contributed by atoms with Gasteiger partial charge in [-0.05, 0) is 31.4 Å². The van der Waals surface area contributed by atoms with Crippen molar-refractivity contribution in [2.45, 2.75) is 25.8 Å². The average molecular weight is 324 g/mol. The van der Waals surface area contributed by atoms with Crippen molar-refractivity contribution in [3.05, 3.63) is 41.8 Å². The number of carbonyl (C=O) groups is 1. The number of rotatable bonds is 3. The normalized spacial score (nSPS) is 17.5. The molecule has 24 heavy (non-hydrogen) atoms. The van der Waals surface area contributed by atoms with E-state index in [1.165, 1.54) is 0 Å². The maximum atomic E-state index is 11.2. The van der Waals surface area contributed by atoms with Gasteiger partial charge >= 0.3 is 0 Å². The molecule has 1 aromatic carbocycles. The van der Waals surface area contributed by atoms with Gasteiger partial charge in [0, 0.05) is 11.9 Å². The molecule has 3 aromatic rings. The maximum Gasteiger partial charge on any atom is 0.290 e. The third-order valence-electron chi connectivity index (χ3n) is 4.32. The molecular formula is C16H16N6O2. The van der Waals surface area contributed by atoms with Crippen LogP contribution in [0.2, 0.25) is 0 Å². The van der Waals surface area contributed by atoms with Crippen LogP contribution in [-0.2, 0) is 0 Å². The van der Waals surface area contributed by atoms with Gasteiger partial charge in [0.25, 0.3) is 11.7 Å². The lowest BCUT2D eigenvalue weighted by atomic mass is 10.1. The number of nitrogens with two attached hydrogens (primary N) is 1. The second-order valence-corrected chi connectivity index (χ2v) is 5.84. The number of primary amides is 1. The number of fused-ring (bicyclic) bond motifs is 1. The van der Waals surface area contributed by atoms with E-state index in [9.17, 15) is 4.79 Å². The summed E-state index contributed by atoms with van der Waals surface area (Å²) in [6, 6.07) is 5.91. The van der Waals surface area contributed by atoms with Crippen LogP contribution in [0.4, 0.5) is 5.82 Å². The van der Waals surface area contributed by atoms with Crippen molar-refractivity contribution in [2.75, 3.05) is 11.4 Å². The molecule has 0 unspecified atom stereocenters. The zero-order chi connectivity index (χ0) is 16.7. The SMILES string of the molecule is Cc1cccc2c(N3CCC[C@@H]3c3nc(C(N)=O)no3)ncnc12. The smallest absolute Gasteiger partial charge is 0.290 e. The number of aryl methyl sites for hydroxylation is 1. The molecule has 4 rings (SSSR count). The third-order valence-corrected chi connectivity index (χ3v) is 4.32. The largest absolute Gasteiger partial charge is 0.363 e. The van der Waals surface area contributed by atoms with Crippen LogP contribution in [0.15, 0.2) is 29.0 Å². The number of nitrogens with zero attached hydrogens (tertiary/aromatic N) is 5. The van der Waals surface area contributed by atoms with E-state index in [4.69, 9.17) is 10.3 Å². The first-order valence-electron chi connectivity index (χ1n) is 7.75. The molecule has 1 aliphatic heterocycles. The lowest BCUT2D eigenvalue weighted by Crippen LogP contribution is -2.24. The predicted molar refractivity (Wildman–Crippen MR) is 86.4 cm³/mol. The number of aromatic nitrogens is 4. The van der Waals surface area contributed by atoms with E-state index in [1.807, 2.05) is 25.1 Å². The van der Waals surface area contributed by atoms with E-state index in [0.717, 1.165) is 41.7 Å². The van der Waals surface area contributed by atoms with Gasteiger partial charge in [-0.3, -0.25) is 4.79 Å². The van der Waals surface area contributed by atoms with E-state index in [1.54, 1.807) is 6.33 Å². The highest BCUT2D eigenvalue weighted by atomic mass is 16.5. The van der Waals surface area contributed by atoms with Gasteiger partial charge in [-0.25, -0.2) is 9.97 Å².